The first-order valence-electron chi connectivity index (χ1n) is 3.62. The van der Waals surface area contributed by atoms with Gasteiger partial charge in [-0.2, -0.15) is 0 Å². The average Bonchev–Trinajstić information content (AvgIpc) is 2.34. The molecule has 1 aromatic rings. The highest BCUT2D eigenvalue weighted by molar-refractivity contribution is 5.38. The summed E-state index contributed by atoms with van der Waals surface area (Å²) in [5.74, 6) is 0. The summed E-state index contributed by atoms with van der Waals surface area (Å²) in [4.78, 5) is 0. The van der Waals surface area contributed by atoms with Gasteiger partial charge in [-0.1, -0.05) is 18.7 Å². The first-order chi connectivity index (χ1) is 5.29. The van der Waals surface area contributed by atoms with E-state index in [2.05, 4.69) is 6.58 Å². The Morgan fingerprint density at radius 1 is 1.55 bits per heavy atom. The molecule has 0 aliphatic heterocycles. The molecule has 0 bridgehead atoms. The van der Waals surface area contributed by atoms with E-state index in [9.17, 15) is 0 Å². The van der Waals surface area contributed by atoms with Crippen LogP contribution in [0.5, 0.6) is 0 Å². The number of aryl methyl sites for hydroxylation is 1. The molecule has 1 heteroatoms. The summed E-state index contributed by atoms with van der Waals surface area (Å²) in [5, 5.41) is 1.13. The third kappa shape index (κ3) is 1.43. The van der Waals surface area contributed by atoms with Gasteiger partial charge in [0, 0.05) is 5.22 Å². The van der Waals surface area contributed by atoms with Crippen molar-refractivity contribution in [3.8, 4) is 0 Å². The van der Waals surface area contributed by atoms with Gasteiger partial charge in [0.1, 0.15) is 5.42 Å². The smallest absolute Gasteiger partial charge is 0.129 e. The number of rotatable bonds is 1. The zero-order valence-electron chi connectivity index (χ0n) is 6.92. The van der Waals surface area contributed by atoms with Crippen LogP contribution in [-0.4, -0.2) is 0 Å². The van der Waals surface area contributed by atoms with Gasteiger partial charge in [0.25, 0.3) is 0 Å². The van der Waals surface area contributed by atoms with Crippen LogP contribution in [-0.2, 0) is 0 Å². The van der Waals surface area contributed by atoms with Crippen molar-refractivity contribution < 1.29 is 4.42 Å². The lowest BCUT2D eigenvalue weighted by Gasteiger charge is -1.77. The van der Waals surface area contributed by atoms with Gasteiger partial charge in [-0.15, -0.1) is 0 Å². The van der Waals surface area contributed by atoms with Gasteiger partial charge in [-0.3, -0.25) is 0 Å². The van der Waals surface area contributed by atoms with E-state index in [1.54, 1.807) is 12.3 Å². The van der Waals surface area contributed by atoms with E-state index in [4.69, 9.17) is 4.42 Å². The van der Waals surface area contributed by atoms with Crippen molar-refractivity contribution in [2.75, 3.05) is 0 Å². The molecule has 0 radical (unpaired) electrons. The van der Waals surface area contributed by atoms with E-state index in [0.717, 1.165) is 16.2 Å². The van der Waals surface area contributed by atoms with Crippen molar-refractivity contribution in [2.45, 2.75) is 13.8 Å². The summed E-state index contributed by atoms with van der Waals surface area (Å²) >= 11 is 0. The first-order valence-corrected chi connectivity index (χ1v) is 3.62. The summed E-state index contributed by atoms with van der Waals surface area (Å²) in [6.45, 7) is 7.62. The second-order valence-electron chi connectivity index (χ2n) is 2.39. The molecular weight excluding hydrogens is 136 g/mol. The summed E-state index contributed by atoms with van der Waals surface area (Å²) in [6.07, 6.45) is 7.42. The molecule has 1 nitrogen and oxygen atoms in total. The minimum atomic E-state index is 0.919. The van der Waals surface area contributed by atoms with Crippen LogP contribution in [0.15, 0.2) is 23.3 Å². The SMILES string of the molecule is C=C/C=c1/c(C)co/c1=C/C. The van der Waals surface area contributed by atoms with Gasteiger partial charge >= 0.3 is 0 Å². The maximum absolute atomic E-state index is 5.26. The average molecular weight is 148 g/mol. The van der Waals surface area contributed by atoms with Crippen LogP contribution in [0.4, 0.5) is 0 Å². The largest absolute Gasteiger partial charge is 0.464 e. The Kier molecular flexibility index (Phi) is 2.32. The van der Waals surface area contributed by atoms with Crippen LogP contribution >= 0.6 is 0 Å². The predicted molar refractivity (Wildman–Crippen MR) is 47.5 cm³/mol. The lowest BCUT2D eigenvalue weighted by atomic mass is 10.2. The third-order valence-corrected chi connectivity index (χ3v) is 1.60. The van der Waals surface area contributed by atoms with Gasteiger partial charge in [0.05, 0.1) is 6.26 Å². The molecule has 1 aromatic heterocycles. The van der Waals surface area contributed by atoms with Crippen LogP contribution in [0.1, 0.15) is 12.5 Å². The molecule has 0 aromatic carbocycles. The van der Waals surface area contributed by atoms with Crippen molar-refractivity contribution in [2.24, 2.45) is 0 Å². The van der Waals surface area contributed by atoms with Gasteiger partial charge < -0.3 is 4.42 Å². The first kappa shape index (κ1) is 7.86. The van der Waals surface area contributed by atoms with Gasteiger partial charge in [0.15, 0.2) is 0 Å². The van der Waals surface area contributed by atoms with Gasteiger partial charge in [-0.05, 0) is 25.5 Å². The zero-order valence-corrected chi connectivity index (χ0v) is 6.92. The Bertz CT molecular complexity index is 355. The highest BCUT2D eigenvalue weighted by Gasteiger charge is 1.91. The Labute approximate surface area is 66.3 Å². The fraction of sp³-hybridized carbons (Fsp3) is 0.200. The van der Waals surface area contributed by atoms with Crippen molar-refractivity contribution >= 4 is 12.2 Å². The van der Waals surface area contributed by atoms with E-state index >= 15 is 0 Å². The molecule has 0 aliphatic rings. The second-order valence-corrected chi connectivity index (χ2v) is 2.39. The van der Waals surface area contributed by atoms with Crippen molar-refractivity contribution in [1.82, 2.24) is 0 Å². The highest BCUT2D eigenvalue weighted by Crippen LogP contribution is 1.83. The van der Waals surface area contributed by atoms with Crippen LogP contribution in [0.25, 0.3) is 12.2 Å². The van der Waals surface area contributed by atoms with Crippen molar-refractivity contribution in [3.63, 3.8) is 0 Å². The standard InChI is InChI=1S/C10H12O/c1-4-6-9-8(3)7-11-10(9)5-2/h4-7H,1H2,2-3H3/b9-6-,10-5+. The molecule has 0 unspecified atom stereocenters. The summed E-state index contributed by atoms with van der Waals surface area (Å²) in [7, 11) is 0. The minimum absolute atomic E-state index is 0.919. The molecule has 11 heavy (non-hydrogen) atoms. The Morgan fingerprint density at radius 3 is 2.82 bits per heavy atom. The number of furan rings is 1. The minimum Gasteiger partial charge on any atom is -0.464 e. The number of hydrogen-bond acceptors (Lipinski definition) is 1. The molecule has 0 saturated heterocycles. The maximum atomic E-state index is 5.26. The van der Waals surface area contributed by atoms with Crippen molar-refractivity contribution in [3.05, 3.63) is 35.1 Å². The molecule has 0 amide bonds. The second kappa shape index (κ2) is 3.24. The molecule has 0 saturated carbocycles. The lowest BCUT2D eigenvalue weighted by Crippen LogP contribution is -2.20. The van der Waals surface area contributed by atoms with E-state index in [1.165, 1.54) is 0 Å². The van der Waals surface area contributed by atoms with Crippen LogP contribution in [0.2, 0.25) is 0 Å². The summed E-state index contributed by atoms with van der Waals surface area (Å²) in [5.41, 5.74) is 2.07. The Hall–Kier alpha value is -1.24. The molecule has 1 rings (SSSR count). The molecule has 58 valence electrons. The monoisotopic (exact) mass is 148 g/mol. The summed E-state index contributed by atoms with van der Waals surface area (Å²) in [6, 6.07) is 0. The molecular formula is C10H12O. The normalized spacial score (nSPS) is 14.0. The van der Waals surface area contributed by atoms with Crippen LogP contribution < -0.4 is 10.6 Å². The molecule has 1 heterocycles. The lowest BCUT2D eigenvalue weighted by molar-refractivity contribution is 0.529. The van der Waals surface area contributed by atoms with E-state index in [0.29, 0.717) is 0 Å². The molecule has 0 spiro atoms. The van der Waals surface area contributed by atoms with E-state index < -0.39 is 0 Å². The predicted octanol–water partition coefficient (Wildman–Crippen LogP) is 1.35. The van der Waals surface area contributed by atoms with Crippen LogP contribution in [0, 0.1) is 6.92 Å². The molecule has 0 N–H and O–H groups in total. The Balaban J connectivity index is 3.54. The molecule has 0 aliphatic carbocycles. The van der Waals surface area contributed by atoms with E-state index in [1.807, 2.05) is 26.0 Å². The third-order valence-electron chi connectivity index (χ3n) is 1.60. The zero-order chi connectivity index (χ0) is 8.27. The quantitative estimate of drug-likeness (QED) is 0.586. The van der Waals surface area contributed by atoms with E-state index in [-0.39, 0.29) is 0 Å². The fourth-order valence-corrected chi connectivity index (χ4v) is 1.03. The van der Waals surface area contributed by atoms with Gasteiger partial charge in [-0.25, -0.2) is 0 Å². The number of hydrogen-bond donors (Lipinski definition) is 0. The van der Waals surface area contributed by atoms with Crippen LogP contribution in [0.3, 0.4) is 0 Å². The highest BCUT2D eigenvalue weighted by atomic mass is 16.3. The molecule has 0 atom stereocenters. The summed E-state index contributed by atoms with van der Waals surface area (Å²) < 4.78 is 5.26. The van der Waals surface area contributed by atoms with Crippen molar-refractivity contribution in [1.29, 1.82) is 0 Å². The molecule has 0 fully saturated rings. The number of allylic oxidation sites excluding steroid dienone is 1. The Morgan fingerprint density at radius 2 is 2.27 bits per heavy atom. The topological polar surface area (TPSA) is 13.1 Å². The van der Waals surface area contributed by atoms with Gasteiger partial charge in [0.2, 0.25) is 0 Å². The maximum Gasteiger partial charge on any atom is 0.129 e. The fourth-order valence-electron chi connectivity index (χ4n) is 1.03.